The van der Waals surface area contributed by atoms with Gasteiger partial charge >= 0.3 is 11.9 Å². The molecule has 0 aliphatic rings. The lowest BCUT2D eigenvalue weighted by molar-refractivity contribution is -0.147. The van der Waals surface area contributed by atoms with E-state index < -0.39 is 27.7 Å². The Morgan fingerprint density at radius 2 is 1.83 bits per heavy atom. The van der Waals surface area contributed by atoms with Crippen LogP contribution >= 0.6 is 15.9 Å². The number of alkyl halides is 3. The highest BCUT2D eigenvalue weighted by Gasteiger charge is 2.37. The lowest BCUT2D eigenvalue weighted by atomic mass is 10.4. The van der Waals surface area contributed by atoms with Crippen LogP contribution in [0.3, 0.4) is 0 Å². The fourth-order valence-electron chi connectivity index (χ4n) is 1.86. The number of halogens is 4. The molecule has 0 fully saturated rings. The average molecular weight is 429 g/mol. The van der Waals surface area contributed by atoms with Gasteiger partial charge in [0.2, 0.25) is 15.8 Å². The SMILES string of the molecule is Cn1c(C(F)(F)F)nn(CCNS(=O)(=O)c2ccc(Br)cc2)c1=O. The first-order chi connectivity index (χ1) is 11.0. The van der Waals surface area contributed by atoms with E-state index in [4.69, 9.17) is 0 Å². The smallest absolute Gasteiger partial charge is 0.274 e. The van der Waals surface area contributed by atoms with Crippen molar-refractivity contribution in [2.45, 2.75) is 17.6 Å². The van der Waals surface area contributed by atoms with Crippen LogP contribution in [0.1, 0.15) is 5.82 Å². The predicted octanol–water partition coefficient (Wildman–Crippen LogP) is 1.34. The van der Waals surface area contributed by atoms with Crippen molar-refractivity contribution in [1.29, 1.82) is 0 Å². The van der Waals surface area contributed by atoms with Crippen LogP contribution in [0.4, 0.5) is 13.2 Å². The topological polar surface area (TPSA) is 86.0 Å². The van der Waals surface area contributed by atoms with Gasteiger partial charge in [-0.1, -0.05) is 15.9 Å². The van der Waals surface area contributed by atoms with Crippen molar-refractivity contribution in [2.75, 3.05) is 6.54 Å². The van der Waals surface area contributed by atoms with Gasteiger partial charge in [0.05, 0.1) is 11.4 Å². The molecular weight excluding hydrogens is 417 g/mol. The van der Waals surface area contributed by atoms with E-state index in [9.17, 15) is 26.4 Å². The molecule has 0 saturated carbocycles. The van der Waals surface area contributed by atoms with Crippen LogP contribution < -0.4 is 10.4 Å². The lowest BCUT2D eigenvalue weighted by Crippen LogP contribution is -2.31. The van der Waals surface area contributed by atoms with Crippen LogP contribution in [0, 0.1) is 0 Å². The van der Waals surface area contributed by atoms with E-state index in [-0.39, 0.29) is 18.0 Å². The molecule has 0 unspecified atom stereocenters. The molecule has 2 aromatic rings. The van der Waals surface area contributed by atoms with Crippen molar-refractivity contribution >= 4 is 26.0 Å². The van der Waals surface area contributed by atoms with Gasteiger partial charge in [0, 0.05) is 18.1 Å². The summed E-state index contributed by atoms with van der Waals surface area (Å²) in [6.07, 6.45) is -4.77. The van der Waals surface area contributed by atoms with E-state index in [1.54, 1.807) is 0 Å². The third-order valence-electron chi connectivity index (χ3n) is 3.03. The first kappa shape index (κ1) is 18.7. The van der Waals surface area contributed by atoms with Crippen molar-refractivity contribution in [3.8, 4) is 0 Å². The van der Waals surface area contributed by atoms with E-state index in [1.165, 1.54) is 24.3 Å². The summed E-state index contributed by atoms with van der Waals surface area (Å²) in [5.41, 5.74) is -0.981. The van der Waals surface area contributed by atoms with E-state index in [0.29, 0.717) is 13.7 Å². The van der Waals surface area contributed by atoms with E-state index in [2.05, 4.69) is 25.8 Å². The number of benzene rings is 1. The molecule has 1 heterocycles. The second-order valence-corrected chi connectivity index (χ2v) is 7.42. The molecule has 0 aliphatic carbocycles. The first-order valence-corrected chi connectivity index (χ1v) is 8.76. The molecule has 7 nitrogen and oxygen atoms in total. The van der Waals surface area contributed by atoms with E-state index in [0.717, 1.165) is 7.05 Å². The van der Waals surface area contributed by atoms with E-state index in [1.807, 2.05) is 0 Å². The quantitative estimate of drug-likeness (QED) is 0.778. The largest absolute Gasteiger partial charge is 0.451 e. The Bertz CT molecular complexity index is 888. The van der Waals surface area contributed by atoms with Gasteiger partial charge in [-0.05, 0) is 24.3 Å². The van der Waals surface area contributed by atoms with Crippen LogP contribution in [0.15, 0.2) is 38.4 Å². The monoisotopic (exact) mass is 428 g/mol. The first-order valence-electron chi connectivity index (χ1n) is 6.48. The third kappa shape index (κ3) is 4.05. The Labute approximate surface area is 143 Å². The molecule has 0 amide bonds. The highest BCUT2D eigenvalue weighted by atomic mass is 79.9. The van der Waals surface area contributed by atoms with Crippen LogP contribution in [0.5, 0.6) is 0 Å². The summed E-state index contributed by atoms with van der Waals surface area (Å²) in [6.45, 7) is -0.620. The molecule has 0 radical (unpaired) electrons. The van der Waals surface area contributed by atoms with Crippen LogP contribution in [-0.2, 0) is 29.8 Å². The summed E-state index contributed by atoms with van der Waals surface area (Å²) in [5, 5.41) is 3.19. The maximum Gasteiger partial charge on any atom is 0.451 e. The minimum atomic E-state index is -4.77. The number of nitrogens with one attached hydrogen (secondary N) is 1. The Balaban J connectivity index is 2.10. The van der Waals surface area contributed by atoms with Gasteiger partial charge in [-0.25, -0.2) is 22.6 Å². The normalized spacial score (nSPS) is 12.5. The van der Waals surface area contributed by atoms with Crippen LogP contribution in [0.2, 0.25) is 0 Å². The number of nitrogens with zero attached hydrogens (tertiary/aromatic N) is 3. The summed E-state index contributed by atoms with van der Waals surface area (Å²) in [6, 6.07) is 5.79. The number of aromatic nitrogens is 3. The molecule has 132 valence electrons. The summed E-state index contributed by atoms with van der Waals surface area (Å²) in [4.78, 5) is 11.7. The number of rotatable bonds is 5. The predicted molar refractivity (Wildman–Crippen MR) is 81.8 cm³/mol. The molecule has 1 aromatic carbocycles. The summed E-state index contributed by atoms with van der Waals surface area (Å²) >= 11 is 3.17. The molecule has 24 heavy (non-hydrogen) atoms. The second kappa shape index (κ2) is 6.69. The number of sulfonamides is 1. The molecule has 0 saturated heterocycles. The van der Waals surface area contributed by atoms with Gasteiger partial charge in [0.1, 0.15) is 0 Å². The standard InChI is InChI=1S/C12H12BrF3N4O3S/c1-19-10(12(14,15)16)18-20(11(19)21)7-6-17-24(22,23)9-4-2-8(13)3-5-9/h2-5,17H,6-7H2,1H3. The molecule has 12 heteroatoms. The third-order valence-corrected chi connectivity index (χ3v) is 5.04. The highest BCUT2D eigenvalue weighted by Crippen LogP contribution is 2.25. The fourth-order valence-corrected chi connectivity index (χ4v) is 3.15. The minimum Gasteiger partial charge on any atom is -0.274 e. The minimum absolute atomic E-state index is 0.00458. The molecule has 1 N–H and O–H groups in total. The van der Waals surface area contributed by atoms with Crippen LogP contribution in [0.25, 0.3) is 0 Å². The van der Waals surface area contributed by atoms with Crippen molar-refractivity contribution < 1.29 is 21.6 Å². The van der Waals surface area contributed by atoms with Gasteiger partial charge < -0.3 is 0 Å². The molecule has 0 atom stereocenters. The molecule has 2 rings (SSSR count). The average Bonchev–Trinajstić information content (AvgIpc) is 2.76. The van der Waals surface area contributed by atoms with Crippen LogP contribution in [-0.4, -0.2) is 29.3 Å². The summed E-state index contributed by atoms with van der Waals surface area (Å²) in [7, 11) is -2.89. The Morgan fingerprint density at radius 3 is 2.33 bits per heavy atom. The molecular formula is C12H12BrF3N4O3S. The van der Waals surface area contributed by atoms with Gasteiger partial charge in [-0.2, -0.15) is 13.2 Å². The Kier molecular flexibility index (Phi) is 5.20. The van der Waals surface area contributed by atoms with E-state index >= 15 is 0 Å². The highest BCUT2D eigenvalue weighted by molar-refractivity contribution is 9.10. The van der Waals surface area contributed by atoms with Crippen molar-refractivity contribution in [3.05, 3.63) is 45.0 Å². The van der Waals surface area contributed by atoms with Crippen molar-refractivity contribution in [3.63, 3.8) is 0 Å². The number of hydrogen-bond acceptors (Lipinski definition) is 4. The maximum absolute atomic E-state index is 12.7. The molecule has 0 spiro atoms. The van der Waals surface area contributed by atoms with Gasteiger partial charge in [0.15, 0.2) is 0 Å². The fraction of sp³-hybridized carbons (Fsp3) is 0.333. The summed E-state index contributed by atoms with van der Waals surface area (Å²) < 4.78 is 65.9. The zero-order chi connectivity index (χ0) is 18.1. The Morgan fingerprint density at radius 1 is 1.25 bits per heavy atom. The Hall–Kier alpha value is -1.66. The molecule has 1 aromatic heterocycles. The zero-order valence-corrected chi connectivity index (χ0v) is 14.6. The van der Waals surface area contributed by atoms with Gasteiger partial charge in [-0.15, -0.1) is 5.10 Å². The zero-order valence-electron chi connectivity index (χ0n) is 12.2. The lowest BCUT2D eigenvalue weighted by Gasteiger charge is -2.06. The van der Waals surface area contributed by atoms with Gasteiger partial charge in [-0.3, -0.25) is 4.57 Å². The second-order valence-electron chi connectivity index (χ2n) is 4.74. The van der Waals surface area contributed by atoms with Crippen molar-refractivity contribution in [2.24, 2.45) is 7.05 Å². The molecule has 0 aliphatic heterocycles. The van der Waals surface area contributed by atoms with Gasteiger partial charge in [0.25, 0.3) is 0 Å². The van der Waals surface area contributed by atoms with Crippen molar-refractivity contribution in [1.82, 2.24) is 19.1 Å². The maximum atomic E-state index is 12.7. The molecule has 0 bridgehead atoms. The number of hydrogen-bond donors (Lipinski definition) is 1. The summed E-state index contributed by atoms with van der Waals surface area (Å²) in [5.74, 6) is -1.34.